The fourth-order valence-corrected chi connectivity index (χ4v) is 1.92. The van der Waals surface area contributed by atoms with E-state index >= 15 is 0 Å². The molecule has 1 unspecified atom stereocenters. The molecule has 0 heterocycles. The molecule has 0 saturated heterocycles. The van der Waals surface area contributed by atoms with Gasteiger partial charge in [0.05, 0.1) is 15.5 Å². The van der Waals surface area contributed by atoms with Crippen LogP contribution in [0.5, 0.6) is 5.75 Å². The average molecular weight is 267 g/mol. The molecule has 0 radical (unpaired) electrons. The van der Waals surface area contributed by atoms with Crippen LogP contribution in [0.4, 0.5) is 4.20 Å². The van der Waals surface area contributed by atoms with Crippen molar-refractivity contribution in [2.24, 2.45) is 0 Å². The molecule has 0 bridgehead atoms. The van der Waals surface area contributed by atoms with Crippen LogP contribution in [0.2, 0.25) is 0 Å². The Morgan fingerprint density at radius 1 is 1.46 bits per heavy atom. The minimum atomic E-state index is -4.12. The fourth-order valence-electron chi connectivity index (χ4n) is 1.02. The zero-order chi connectivity index (χ0) is 10.1. The van der Waals surface area contributed by atoms with Crippen molar-refractivity contribution < 1.29 is 13.3 Å². The Morgan fingerprint density at radius 2 is 2.08 bits per heavy atom. The summed E-state index contributed by atoms with van der Waals surface area (Å²) < 4.78 is 27.8. The quantitative estimate of drug-likeness (QED) is 0.752. The predicted molar refractivity (Wildman–Crippen MR) is 54.2 cm³/mol. The molecule has 0 aliphatic heterocycles. The van der Waals surface area contributed by atoms with Gasteiger partial charge in [0.15, 0.2) is 0 Å². The Hall–Kier alpha value is -0.340. The molecule has 1 aromatic carbocycles. The molecule has 5 heteroatoms. The lowest BCUT2D eigenvalue weighted by Crippen LogP contribution is -1.86. The van der Waals surface area contributed by atoms with Crippen LogP contribution in [0.25, 0.3) is 0 Å². The summed E-state index contributed by atoms with van der Waals surface area (Å²) in [7, 11) is 0. The molecule has 0 fully saturated rings. The molecule has 72 valence electrons. The Bertz CT molecular complexity index is 361. The standard InChI is InChI=1S/C8H9BrFO2P/c1-6-3-4-8(7(2)5-6)12-13(9,10)11/h3-5H,1-2H3. The first-order chi connectivity index (χ1) is 5.88. The Balaban J connectivity index is 2.97. The van der Waals surface area contributed by atoms with Gasteiger partial charge in [-0.05, 0) is 25.5 Å². The van der Waals surface area contributed by atoms with Crippen molar-refractivity contribution in [3.8, 4) is 5.75 Å². The Morgan fingerprint density at radius 3 is 2.54 bits per heavy atom. The number of aryl methyl sites for hydroxylation is 2. The van der Waals surface area contributed by atoms with Crippen LogP contribution in [0.3, 0.4) is 0 Å². The second kappa shape index (κ2) is 3.81. The molecular weight excluding hydrogens is 258 g/mol. The van der Waals surface area contributed by atoms with Crippen molar-refractivity contribution >= 4 is 21.9 Å². The maximum Gasteiger partial charge on any atom is 0.483 e. The maximum atomic E-state index is 12.6. The van der Waals surface area contributed by atoms with E-state index in [0.717, 1.165) is 11.1 Å². The molecule has 0 saturated carbocycles. The van der Waals surface area contributed by atoms with E-state index in [-0.39, 0.29) is 0 Å². The summed E-state index contributed by atoms with van der Waals surface area (Å²) >= 11 is 2.33. The number of rotatable bonds is 2. The van der Waals surface area contributed by atoms with E-state index in [4.69, 9.17) is 0 Å². The third-order valence-electron chi connectivity index (χ3n) is 1.54. The lowest BCUT2D eigenvalue weighted by Gasteiger charge is -2.08. The van der Waals surface area contributed by atoms with E-state index in [9.17, 15) is 8.76 Å². The number of benzene rings is 1. The van der Waals surface area contributed by atoms with Gasteiger partial charge in [-0.2, -0.15) is 0 Å². The van der Waals surface area contributed by atoms with Crippen molar-refractivity contribution in [2.45, 2.75) is 13.8 Å². The van der Waals surface area contributed by atoms with Crippen molar-refractivity contribution in [1.29, 1.82) is 0 Å². The second-order valence-electron chi connectivity index (χ2n) is 2.77. The second-order valence-corrected chi connectivity index (χ2v) is 6.33. The molecule has 0 N–H and O–H groups in total. The molecule has 13 heavy (non-hydrogen) atoms. The Kier molecular flexibility index (Phi) is 3.14. The van der Waals surface area contributed by atoms with Crippen molar-refractivity contribution in [3.05, 3.63) is 29.3 Å². The van der Waals surface area contributed by atoms with Gasteiger partial charge in [0.25, 0.3) is 0 Å². The minimum absolute atomic E-state index is 0.299. The van der Waals surface area contributed by atoms with Gasteiger partial charge in [-0.15, -0.1) is 4.20 Å². The van der Waals surface area contributed by atoms with Gasteiger partial charge >= 0.3 is 6.38 Å². The normalized spacial score (nSPS) is 15.1. The molecule has 1 atom stereocenters. The van der Waals surface area contributed by atoms with Gasteiger partial charge in [0.1, 0.15) is 5.75 Å². The van der Waals surface area contributed by atoms with Crippen LogP contribution in [-0.4, -0.2) is 0 Å². The number of hydrogen-bond donors (Lipinski definition) is 0. The molecule has 0 amide bonds. The van der Waals surface area contributed by atoms with Gasteiger partial charge in [0, 0.05) is 0 Å². The van der Waals surface area contributed by atoms with Gasteiger partial charge in [0.2, 0.25) is 0 Å². The smallest absolute Gasteiger partial charge is 0.414 e. The summed E-state index contributed by atoms with van der Waals surface area (Å²) in [5, 5.41) is 0. The summed E-state index contributed by atoms with van der Waals surface area (Å²) in [4.78, 5) is 0. The van der Waals surface area contributed by atoms with Gasteiger partial charge < -0.3 is 4.52 Å². The van der Waals surface area contributed by atoms with Gasteiger partial charge in [-0.25, -0.2) is 4.57 Å². The van der Waals surface area contributed by atoms with Crippen LogP contribution in [0.15, 0.2) is 18.2 Å². The molecule has 1 rings (SSSR count). The van der Waals surface area contributed by atoms with E-state index in [0.29, 0.717) is 5.75 Å². The third-order valence-corrected chi connectivity index (χ3v) is 2.38. The highest BCUT2D eigenvalue weighted by Gasteiger charge is 2.18. The largest absolute Gasteiger partial charge is 0.483 e. The van der Waals surface area contributed by atoms with E-state index in [1.807, 2.05) is 13.0 Å². The highest BCUT2D eigenvalue weighted by molar-refractivity contribution is 9.39. The summed E-state index contributed by atoms with van der Waals surface area (Å²) in [5.41, 5.74) is 1.81. The topological polar surface area (TPSA) is 26.3 Å². The minimum Gasteiger partial charge on any atom is -0.414 e. The highest BCUT2D eigenvalue weighted by Crippen LogP contribution is 2.56. The fraction of sp³-hybridized carbons (Fsp3) is 0.250. The van der Waals surface area contributed by atoms with E-state index in [1.165, 1.54) is 0 Å². The van der Waals surface area contributed by atoms with Crippen LogP contribution < -0.4 is 4.52 Å². The summed E-state index contributed by atoms with van der Waals surface area (Å²) in [6.45, 7) is 3.69. The lowest BCUT2D eigenvalue weighted by atomic mass is 10.1. The zero-order valence-corrected chi connectivity index (χ0v) is 9.73. The SMILES string of the molecule is Cc1ccc(OP(=O)(F)Br)c(C)c1. The molecular formula is C8H9BrFO2P. The van der Waals surface area contributed by atoms with E-state index < -0.39 is 6.38 Å². The van der Waals surface area contributed by atoms with Gasteiger partial charge in [-0.1, -0.05) is 17.7 Å². The van der Waals surface area contributed by atoms with E-state index in [1.54, 1.807) is 19.1 Å². The van der Waals surface area contributed by atoms with E-state index in [2.05, 4.69) is 20.0 Å². The highest BCUT2D eigenvalue weighted by atomic mass is 79.9. The van der Waals surface area contributed by atoms with Crippen molar-refractivity contribution in [3.63, 3.8) is 0 Å². The molecule has 1 aromatic rings. The molecule has 0 aromatic heterocycles. The van der Waals surface area contributed by atoms with Crippen molar-refractivity contribution in [2.75, 3.05) is 0 Å². The monoisotopic (exact) mass is 266 g/mol. The first-order valence-electron chi connectivity index (χ1n) is 3.65. The zero-order valence-electron chi connectivity index (χ0n) is 7.25. The van der Waals surface area contributed by atoms with Crippen LogP contribution in [-0.2, 0) is 4.57 Å². The first kappa shape index (κ1) is 10.7. The summed E-state index contributed by atoms with van der Waals surface area (Å²) in [6, 6.07) is 5.20. The average Bonchev–Trinajstić information content (AvgIpc) is 1.93. The number of hydrogen-bond acceptors (Lipinski definition) is 2. The molecule has 0 aliphatic carbocycles. The molecule has 2 nitrogen and oxygen atoms in total. The van der Waals surface area contributed by atoms with Crippen molar-refractivity contribution in [1.82, 2.24) is 0 Å². The first-order valence-corrected chi connectivity index (χ1v) is 7.18. The Labute approximate surface area is 84.4 Å². The number of halogens is 2. The summed E-state index contributed by atoms with van der Waals surface area (Å²) in [5.74, 6) is 0.299. The predicted octanol–water partition coefficient (Wildman–Crippen LogP) is 4.15. The maximum absolute atomic E-state index is 12.6. The van der Waals surface area contributed by atoms with Gasteiger partial charge in [-0.3, -0.25) is 0 Å². The van der Waals surface area contributed by atoms with Crippen LogP contribution >= 0.6 is 21.9 Å². The summed E-state index contributed by atoms with van der Waals surface area (Å²) in [6.07, 6.45) is -4.12. The van der Waals surface area contributed by atoms with Crippen LogP contribution in [0, 0.1) is 13.8 Å². The molecule has 0 spiro atoms. The third kappa shape index (κ3) is 3.49. The van der Waals surface area contributed by atoms with Crippen LogP contribution in [0.1, 0.15) is 11.1 Å². The lowest BCUT2D eigenvalue weighted by molar-refractivity contribution is 0.456. The molecule has 0 aliphatic rings.